The van der Waals surface area contributed by atoms with Crippen LogP contribution in [0.4, 0.5) is 5.00 Å². The van der Waals surface area contributed by atoms with Crippen LogP contribution in [0.2, 0.25) is 0 Å². The summed E-state index contributed by atoms with van der Waals surface area (Å²) in [6, 6.07) is 2.24. The number of nitriles is 1. The van der Waals surface area contributed by atoms with Crippen LogP contribution in [0.3, 0.4) is 0 Å². The van der Waals surface area contributed by atoms with Crippen LogP contribution in [0.1, 0.15) is 28.8 Å². The van der Waals surface area contributed by atoms with Crippen LogP contribution >= 0.6 is 11.3 Å². The summed E-state index contributed by atoms with van der Waals surface area (Å²) in [5.41, 5.74) is 9.70. The number of aliphatic imine (C=N–C) groups is 1. The van der Waals surface area contributed by atoms with E-state index in [2.05, 4.69) is 21.6 Å². The summed E-state index contributed by atoms with van der Waals surface area (Å²) >= 11 is 1.54. The van der Waals surface area contributed by atoms with E-state index >= 15 is 0 Å². The molecule has 0 spiro atoms. The van der Waals surface area contributed by atoms with Crippen LogP contribution in [0, 0.1) is 17.2 Å². The lowest BCUT2D eigenvalue weighted by atomic mass is 9.96. The largest absolute Gasteiger partial charge is 0.385 e. The van der Waals surface area contributed by atoms with E-state index in [1.54, 1.807) is 0 Å². The molecule has 1 aliphatic heterocycles. The standard InChI is InChI=1S/C13H13N5OS/c14-5-8-7-3-1-2-4-10(7)20-13(8)16-6-9-11(15)17-18-12(9)19/h6,9H,1-4H2,(H2,15,17)(H,18,19)/b16-6+. The molecule has 0 fully saturated rings. The minimum atomic E-state index is -0.638. The van der Waals surface area contributed by atoms with Gasteiger partial charge in [0.25, 0.3) is 5.91 Å². The molecule has 1 atom stereocenters. The highest BCUT2D eigenvalue weighted by molar-refractivity contribution is 7.16. The number of carbonyl (C=O) groups excluding carboxylic acids is 1. The van der Waals surface area contributed by atoms with Crippen molar-refractivity contribution in [2.45, 2.75) is 25.7 Å². The number of nitrogens with zero attached hydrogens (tertiary/aromatic N) is 3. The summed E-state index contributed by atoms with van der Waals surface area (Å²) in [7, 11) is 0. The molecule has 6 nitrogen and oxygen atoms in total. The molecule has 1 amide bonds. The molecule has 0 bridgehead atoms. The first kappa shape index (κ1) is 12.8. The molecular weight excluding hydrogens is 274 g/mol. The summed E-state index contributed by atoms with van der Waals surface area (Å²) in [6.07, 6.45) is 5.70. The van der Waals surface area contributed by atoms with Gasteiger partial charge in [0.1, 0.15) is 22.8 Å². The number of rotatable bonds is 2. The first-order valence-electron chi connectivity index (χ1n) is 6.42. The third-order valence-electron chi connectivity index (χ3n) is 3.50. The Balaban J connectivity index is 1.92. The van der Waals surface area contributed by atoms with Gasteiger partial charge in [-0.2, -0.15) is 10.4 Å². The zero-order valence-corrected chi connectivity index (χ0v) is 11.5. The average molecular weight is 287 g/mol. The number of hydrogen-bond acceptors (Lipinski definition) is 6. The lowest BCUT2D eigenvalue weighted by Gasteiger charge is -2.09. The Labute approximate surface area is 120 Å². The molecule has 102 valence electrons. The van der Waals surface area contributed by atoms with Gasteiger partial charge in [0.05, 0.1) is 5.56 Å². The molecule has 2 aliphatic rings. The van der Waals surface area contributed by atoms with Crippen molar-refractivity contribution in [2.24, 2.45) is 21.7 Å². The van der Waals surface area contributed by atoms with Gasteiger partial charge in [-0.25, -0.2) is 10.4 Å². The average Bonchev–Trinajstić information content (AvgIpc) is 2.97. The van der Waals surface area contributed by atoms with Gasteiger partial charge in [-0.15, -0.1) is 11.3 Å². The molecular formula is C13H13N5OS. The second-order valence-electron chi connectivity index (χ2n) is 4.77. The van der Waals surface area contributed by atoms with Crippen molar-refractivity contribution in [1.29, 1.82) is 5.26 Å². The number of carbonyl (C=O) groups is 1. The molecule has 2 heterocycles. The van der Waals surface area contributed by atoms with Crippen LogP contribution in [0.15, 0.2) is 10.1 Å². The fourth-order valence-corrected chi connectivity index (χ4v) is 3.63. The van der Waals surface area contributed by atoms with Crippen molar-refractivity contribution >= 4 is 34.3 Å². The molecule has 0 saturated carbocycles. The van der Waals surface area contributed by atoms with Gasteiger partial charge in [-0.3, -0.25) is 4.79 Å². The molecule has 0 saturated heterocycles. The van der Waals surface area contributed by atoms with E-state index in [1.165, 1.54) is 22.4 Å². The van der Waals surface area contributed by atoms with Crippen molar-refractivity contribution in [3.05, 3.63) is 16.0 Å². The molecule has 1 aromatic rings. The zero-order valence-electron chi connectivity index (χ0n) is 10.7. The normalized spacial score (nSPS) is 21.4. The van der Waals surface area contributed by atoms with Gasteiger partial charge < -0.3 is 5.73 Å². The van der Waals surface area contributed by atoms with E-state index in [0.29, 0.717) is 10.6 Å². The predicted molar refractivity (Wildman–Crippen MR) is 77.1 cm³/mol. The second-order valence-corrected chi connectivity index (χ2v) is 5.86. The molecule has 1 unspecified atom stereocenters. The number of nitrogens with two attached hydrogens (primary N) is 1. The third kappa shape index (κ3) is 2.08. The maximum Gasteiger partial charge on any atom is 0.256 e. The first-order valence-corrected chi connectivity index (χ1v) is 7.24. The maximum absolute atomic E-state index is 11.5. The summed E-state index contributed by atoms with van der Waals surface area (Å²) in [6.45, 7) is 0. The van der Waals surface area contributed by atoms with Gasteiger partial charge in [-0.1, -0.05) is 0 Å². The van der Waals surface area contributed by atoms with Crippen LogP contribution < -0.4 is 11.2 Å². The maximum atomic E-state index is 11.5. The van der Waals surface area contributed by atoms with Crippen molar-refractivity contribution in [2.75, 3.05) is 0 Å². The first-order chi connectivity index (χ1) is 9.70. The Morgan fingerprint density at radius 3 is 3.00 bits per heavy atom. The van der Waals surface area contributed by atoms with Crippen LogP contribution in [0.25, 0.3) is 0 Å². The summed E-state index contributed by atoms with van der Waals surface area (Å²) in [4.78, 5) is 17.1. The van der Waals surface area contributed by atoms with Crippen molar-refractivity contribution in [3.63, 3.8) is 0 Å². The van der Waals surface area contributed by atoms with E-state index in [9.17, 15) is 10.1 Å². The van der Waals surface area contributed by atoms with Crippen LogP contribution in [-0.2, 0) is 17.6 Å². The zero-order chi connectivity index (χ0) is 14.1. The Morgan fingerprint density at radius 1 is 1.50 bits per heavy atom. The highest BCUT2D eigenvalue weighted by atomic mass is 32.1. The number of nitrogens with one attached hydrogen (secondary N) is 1. The fraction of sp³-hybridized carbons (Fsp3) is 0.385. The van der Waals surface area contributed by atoms with Gasteiger partial charge in [0, 0.05) is 11.1 Å². The lowest BCUT2D eigenvalue weighted by Crippen LogP contribution is -2.28. The van der Waals surface area contributed by atoms with E-state index in [4.69, 9.17) is 5.73 Å². The second kappa shape index (κ2) is 5.06. The smallest absolute Gasteiger partial charge is 0.256 e. The minimum absolute atomic E-state index is 0.207. The van der Waals surface area contributed by atoms with Gasteiger partial charge >= 0.3 is 0 Å². The molecule has 0 aromatic carbocycles. The fourth-order valence-electron chi connectivity index (χ4n) is 2.44. The van der Waals surface area contributed by atoms with E-state index in [0.717, 1.165) is 31.2 Å². The van der Waals surface area contributed by atoms with Crippen LogP contribution in [-0.4, -0.2) is 18.0 Å². The van der Waals surface area contributed by atoms with E-state index < -0.39 is 5.92 Å². The number of amidine groups is 1. The molecule has 3 rings (SSSR count). The molecule has 0 radical (unpaired) electrons. The summed E-state index contributed by atoms with van der Waals surface area (Å²) in [5.74, 6) is -0.717. The number of fused-ring (bicyclic) bond motifs is 1. The van der Waals surface area contributed by atoms with Gasteiger partial charge in [-0.05, 0) is 31.2 Å². The highest BCUT2D eigenvalue weighted by Crippen LogP contribution is 2.39. The number of hydrazone groups is 1. The molecule has 7 heteroatoms. The van der Waals surface area contributed by atoms with Crippen LogP contribution in [0.5, 0.6) is 0 Å². The Kier molecular flexibility index (Phi) is 3.24. The van der Waals surface area contributed by atoms with Crippen molar-refractivity contribution in [1.82, 2.24) is 5.43 Å². The Bertz CT molecular complexity index is 667. The van der Waals surface area contributed by atoms with Crippen molar-refractivity contribution < 1.29 is 4.79 Å². The topological polar surface area (TPSA) is 104 Å². The molecule has 3 N–H and O–H groups in total. The van der Waals surface area contributed by atoms with Gasteiger partial charge in [0.15, 0.2) is 0 Å². The third-order valence-corrected chi connectivity index (χ3v) is 4.70. The van der Waals surface area contributed by atoms with Crippen molar-refractivity contribution in [3.8, 4) is 6.07 Å². The number of hydrogen-bond donors (Lipinski definition) is 2. The molecule has 1 aliphatic carbocycles. The monoisotopic (exact) mass is 287 g/mol. The summed E-state index contributed by atoms with van der Waals surface area (Å²) in [5, 5.41) is 13.6. The molecule has 1 aromatic heterocycles. The number of aryl methyl sites for hydroxylation is 1. The Morgan fingerprint density at radius 2 is 2.30 bits per heavy atom. The molecule has 20 heavy (non-hydrogen) atoms. The predicted octanol–water partition coefficient (Wildman–Crippen LogP) is 1.22. The summed E-state index contributed by atoms with van der Waals surface area (Å²) < 4.78 is 0. The van der Waals surface area contributed by atoms with Gasteiger partial charge in [0.2, 0.25) is 0 Å². The van der Waals surface area contributed by atoms with E-state index in [1.807, 2.05) is 0 Å². The highest BCUT2D eigenvalue weighted by Gasteiger charge is 2.27. The SMILES string of the molecule is N#Cc1c(/N=C/C2C(=O)NN=C2N)sc2c1CCCC2. The quantitative estimate of drug-likeness (QED) is 0.799. The number of thiophene rings is 1. The minimum Gasteiger partial charge on any atom is -0.385 e. The number of amides is 1. The van der Waals surface area contributed by atoms with E-state index in [-0.39, 0.29) is 11.7 Å². The Hall–Kier alpha value is -2.20. The lowest BCUT2D eigenvalue weighted by molar-refractivity contribution is -0.120.